The first kappa shape index (κ1) is 11.3. The minimum atomic E-state index is -1.03. The highest BCUT2D eigenvalue weighted by Gasteiger charge is 2.06. The van der Waals surface area contributed by atoms with Crippen LogP contribution in [0.25, 0.3) is 11.1 Å². The summed E-state index contributed by atoms with van der Waals surface area (Å²) in [6.45, 7) is 0. The molecule has 0 spiro atoms. The van der Waals surface area contributed by atoms with E-state index in [-0.39, 0.29) is 5.56 Å². The zero-order chi connectivity index (χ0) is 12.4. The van der Waals surface area contributed by atoms with Crippen LogP contribution >= 0.6 is 0 Å². The van der Waals surface area contributed by atoms with Gasteiger partial charge in [0, 0.05) is 0 Å². The lowest BCUT2D eigenvalue weighted by Crippen LogP contribution is -1.95. The zero-order valence-electron chi connectivity index (χ0n) is 8.65. The Balaban J connectivity index is 2.39. The van der Waals surface area contributed by atoms with Crippen LogP contribution in [0.1, 0.15) is 10.4 Å². The molecule has 0 bridgehead atoms. The first-order valence-electron chi connectivity index (χ1n) is 4.87. The maximum Gasteiger partial charge on any atom is 0.335 e. The molecular formula is C13H8F2O2. The molecule has 4 heteroatoms. The third kappa shape index (κ3) is 2.30. The van der Waals surface area contributed by atoms with Crippen LogP contribution in [-0.2, 0) is 0 Å². The third-order valence-corrected chi connectivity index (χ3v) is 2.38. The van der Waals surface area contributed by atoms with E-state index < -0.39 is 17.6 Å². The van der Waals surface area contributed by atoms with E-state index in [1.807, 2.05) is 0 Å². The molecular weight excluding hydrogens is 226 g/mol. The molecule has 2 aromatic carbocycles. The number of rotatable bonds is 2. The first-order chi connectivity index (χ1) is 8.08. The number of hydrogen-bond acceptors (Lipinski definition) is 1. The Kier molecular flexibility index (Phi) is 2.87. The second-order valence-corrected chi connectivity index (χ2v) is 3.51. The summed E-state index contributed by atoms with van der Waals surface area (Å²) in [6, 6.07) is 9.49. The van der Waals surface area contributed by atoms with Crippen molar-refractivity contribution < 1.29 is 18.7 Å². The molecule has 0 unspecified atom stereocenters. The van der Waals surface area contributed by atoms with Gasteiger partial charge in [0.2, 0.25) is 0 Å². The average molecular weight is 234 g/mol. The van der Waals surface area contributed by atoms with E-state index in [1.54, 1.807) is 12.1 Å². The first-order valence-corrected chi connectivity index (χ1v) is 4.87. The molecule has 2 rings (SSSR count). The van der Waals surface area contributed by atoms with Crippen molar-refractivity contribution in [3.63, 3.8) is 0 Å². The van der Waals surface area contributed by atoms with Gasteiger partial charge in [-0.05, 0) is 35.4 Å². The average Bonchev–Trinajstić information content (AvgIpc) is 2.33. The van der Waals surface area contributed by atoms with Gasteiger partial charge in [0.25, 0.3) is 0 Å². The third-order valence-electron chi connectivity index (χ3n) is 2.38. The van der Waals surface area contributed by atoms with Crippen molar-refractivity contribution in [2.45, 2.75) is 0 Å². The molecule has 0 aliphatic heterocycles. The fraction of sp³-hybridized carbons (Fsp3) is 0. The topological polar surface area (TPSA) is 37.3 Å². The monoisotopic (exact) mass is 234 g/mol. The van der Waals surface area contributed by atoms with Gasteiger partial charge < -0.3 is 5.11 Å². The number of benzene rings is 2. The lowest BCUT2D eigenvalue weighted by molar-refractivity contribution is 0.0697. The molecule has 0 amide bonds. The molecule has 0 saturated heterocycles. The molecule has 17 heavy (non-hydrogen) atoms. The van der Waals surface area contributed by atoms with Gasteiger partial charge >= 0.3 is 5.97 Å². The van der Waals surface area contributed by atoms with Crippen LogP contribution in [-0.4, -0.2) is 11.1 Å². The molecule has 0 radical (unpaired) electrons. The maximum atomic E-state index is 13.0. The number of aromatic carboxylic acids is 1. The molecule has 86 valence electrons. The van der Waals surface area contributed by atoms with Crippen molar-refractivity contribution in [3.8, 4) is 11.1 Å². The fourth-order valence-electron chi connectivity index (χ4n) is 1.48. The quantitative estimate of drug-likeness (QED) is 0.865. The predicted octanol–water partition coefficient (Wildman–Crippen LogP) is 3.33. The SMILES string of the molecule is O=C(O)c1ccc(-c2ccc(F)c(F)c2)cc1. The summed E-state index contributed by atoms with van der Waals surface area (Å²) in [6.07, 6.45) is 0. The van der Waals surface area contributed by atoms with E-state index in [2.05, 4.69) is 0 Å². The summed E-state index contributed by atoms with van der Waals surface area (Å²) in [5.74, 6) is -2.86. The minimum Gasteiger partial charge on any atom is -0.478 e. The maximum absolute atomic E-state index is 13.0. The molecule has 0 aliphatic rings. The van der Waals surface area contributed by atoms with Crippen LogP contribution < -0.4 is 0 Å². The van der Waals surface area contributed by atoms with Crippen LogP contribution in [0.5, 0.6) is 0 Å². The van der Waals surface area contributed by atoms with Crippen molar-refractivity contribution in [3.05, 3.63) is 59.7 Å². The number of halogens is 2. The van der Waals surface area contributed by atoms with E-state index in [4.69, 9.17) is 5.11 Å². The minimum absolute atomic E-state index is 0.149. The van der Waals surface area contributed by atoms with E-state index in [9.17, 15) is 13.6 Å². The van der Waals surface area contributed by atoms with E-state index in [0.29, 0.717) is 11.1 Å². The number of carbonyl (C=O) groups is 1. The van der Waals surface area contributed by atoms with Gasteiger partial charge in [-0.3, -0.25) is 0 Å². The smallest absolute Gasteiger partial charge is 0.335 e. The van der Waals surface area contributed by atoms with Crippen LogP contribution in [0.2, 0.25) is 0 Å². The molecule has 0 atom stereocenters. The summed E-state index contributed by atoms with van der Waals surface area (Å²) in [5, 5.41) is 8.72. The van der Waals surface area contributed by atoms with Gasteiger partial charge in [-0.1, -0.05) is 18.2 Å². The summed E-state index contributed by atoms with van der Waals surface area (Å²) in [7, 11) is 0. The lowest BCUT2D eigenvalue weighted by Gasteiger charge is -2.03. The van der Waals surface area contributed by atoms with Crippen molar-refractivity contribution in [1.82, 2.24) is 0 Å². The van der Waals surface area contributed by atoms with Crippen molar-refractivity contribution in [2.24, 2.45) is 0 Å². The van der Waals surface area contributed by atoms with Crippen LogP contribution in [0, 0.1) is 11.6 Å². The molecule has 0 aliphatic carbocycles. The molecule has 0 fully saturated rings. The summed E-state index contributed by atoms with van der Waals surface area (Å²) < 4.78 is 25.7. The molecule has 0 saturated carbocycles. The fourth-order valence-corrected chi connectivity index (χ4v) is 1.48. The highest BCUT2D eigenvalue weighted by molar-refractivity contribution is 5.88. The summed E-state index contributed by atoms with van der Waals surface area (Å²) >= 11 is 0. The normalized spacial score (nSPS) is 10.2. The Morgan fingerprint density at radius 3 is 2.00 bits per heavy atom. The van der Waals surface area contributed by atoms with Gasteiger partial charge in [0.15, 0.2) is 11.6 Å². The Hall–Kier alpha value is -2.23. The summed E-state index contributed by atoms with van der Waals surface area (Å²) in [4.78, 5) is 10.6. The van der Waals surface area contributed by atoms with Crippen molar-refractivity contribution >= 4 is 5.97 Å². The largest absolute Gasteiger partial charge is 0.478 e. The van der Waals surface area contributed by atoms with Crippen LogP contribution in [0.15, 0.2) is 42.5 Å². The van der Waals surface area contributed by atoms with E-state index in [1.165, 1.54) is 18.2 Å². The highest BCUT2D eigenvalue weighted by atomic mass is 19.2. The molecule has 2 aromatic rings. The molecule has 1 N–H and O–H groups in total. The van der Waals surface area contributed by atoms with Crippen LogP contribution in [0.4, 0.5) is 8.78 Å². The molecule has 0 aromatic heterocycles. The number of carboxylic acid groups (broad SMARTS) is 1. The standard InChI is InChI=1S/C13H8F2O2/c14-11-6-5-10(7-12(11)15)8-1-3-9(4-2-8)13(16)17/h1-7H,(H,16,17). The number of carboxylic acids is 1. The molecule has 2 nitrogen and oxygen atoms in total. The second kappa shape index (κ2) is 4.33. The van der Waals surface area contributed by atoms with Gasteiger partial charge in [-0.2, -0.15) is 0 Å². The van der Waals surface area contributed by atoms with E-state index in [0.717, 1.165) is 12.1 Å². The highest BCUT2D eigenvalue weighted by Crippen LogP contribution is 2.21. The Labute approximate surface area is 96.1 Å². The Morgan fingerprint density at radius 2 is 1.47 bits per heavy atom. The Morgan fingerprint density at radius 1 is 0.882 bits per heavy atom. The van der Waals surface area contributed by atoms with Crippen LogP contribution in [0.3, 0.4) is 0 Å². The molecule has 0 heterocycles. The second-order valence-electron chi connectivity index (χ2n) is 3.51. The van der Waals surface area contributed by atoms with Gasteiger partial charge in [0.1, 0.15) is 0 Å². The Bertz CT molecular complexity index is 562. The van der Waals surface area contributed by atoms with Gasteiger partial charge in [0.05, 0.1) is 5.56 Å². The van der Waals surface area contributed by atoms with Gasteiger partial charge in [-0.25, -0.2) is 13.6 Å². The lowest BCUT2D eigenvalue weighted by atomic mass is 10.0. The zero-order valence-corrected chi connectivity index (χ0v) is 8.65. The van der Waals surface area contributed by atoms with Crippen molar-refractivity contribution in [2.75, 3.05) is 0 Å². The van der Waals surface area contributed by atoms with Crippen molar-refractivity contribution in [1.29, 1.82) is 0 Å². The summed E-state index contributed by atoms with van der Waals surface area (Å²) in [5.41, 5.74) is 1.28. The number of hydrogen-bond donors (Lipinski definition) is 1. The van der Waals surface area contributed by atoms with E-state index >= 15 is 0 Å². The predicted molar refractivity (Wildman–Crippen MR) is 58.8 cm³/mol. The van der Waals surface area contributed by atoms with Gasteiger partial charge in [-0.15, -0.1) is 0 Å².